The minimum absolute atomic E-state index is 0.535. The van der Waals surface area contributed by atoms with Crippen LogP contribution in [0.15, 0.2) is 4.99 Å². The van der Waals surface area contributed by atoms with E-state index in [-0.39, 0.29) is 0 Å². The van der Waals surface area contributed by atoms with Gasteiger partial charge in [-0.3, -0.25) is 4.99 Å². The molecule has 4 nitrogen and oxygen atoms in total. The second kappa shape index (κ2) is 5.71. The van der Waals surface area contributed by atoms with Crippen molar-refractivity contribution in [3.05, 3.63) is 0 Å². The molecule has 0 radical (unpaired) electrons. The first-order valence-corrected chi connectivity index (χ1v) is 6.96. The van der Waals surface area contributed by atoms with Gasteiger partial charge in [0.1, 0.15) is 0 Å². The van der Waals surface area contributed by atoms with Crippen LogP contribution in [0.1, 0.15) is 45.4 Å². The van der Waals surface area contributed by atoms with E-state index in [1.807, 2.05) is 0 Å². The Morgan fingerprint density at radius 3 is 2.59 bits per heavy atom. The lowest BCUT2D eigenvalue weighted by Gasteiger charge is -2.20. The summed E-state index contributed by atoms with van der Waals surface area (Å²) in [5.41, 5.74) is -0.540. The molecule has 0 aromatic heterocycles. The van der Waals surface area contributed by atoms with Crippen LogP contribution < -0.4 is 10.6 Å². The highest BCUT2D eigenvalue weighted by molar-refractivity contribution is 5.79. The second-order valence-electron chi connectivity index (χ2n) is 5.45. The average Bonchev–Trinajstić information content (AvgIpc) is 3.05. The summed E-state index contributed by atoms with van der Waals surface area (Å²) in [7, 11) is 0. The molecular weight excluding hydrogens is 214 g/mol. The Kier molecular flexibility index (Phi) is 4.26. The lowest BCUT2D eigenvalue weighted by molar-refractivity contribution is 0.0574. The Morgan fingerprint density at radius 1 is 1.29 bits per heavy atom. The van der Waals surface area contributed by atoms with Gasteiger partial charge in [0, 0.05) is 13.1 Å². The van der Waals surface area contributed by atoms with Crippen molar-refractivity contribution in [2.24, 2.45) is 10.9 Å². The Balaban J connectivity index is 1.79. The summed E-state index contributed by atoms with van der Waals surface area (Å²) in [6.07, 6.45) is 6.76. The first kappa shape index (κ1) is 12.7. The maximum Gasteiger partial charge on any atom is 0.191 e. The first-order chi connectivity index (χ1) is 8.22. The lowest BCUT2D eigenvalue weighted by Crippen LogP contribution is -2.40. The quantitative estimate of drug-likeness (QED) is 0.500. The monoisotopic (exact) mass is 239 g/mol. The molecule has 0 amide bonds. The second-order valence-corrected chi connectivity index (χ2v) is 5.45. The molecule has 0 aliphatic heterocycles. The van der Waals surface area contributed by atoms with E-state index in [0.717, 1.165) is 50.7 Å². The predicted octanol–water partition coefficient (Wildman–Crippen LogP) is 1.26. The van der Waals surface area contributed by atoms with Crippen LogP contribution in [-0.4, -0.2) is 36.3 Å². The summed E-state index contributed by atoms with van der Waals surface area (Å²) in [5, 5.41) is 16.8. The van der Waals surface area contributed by atoms with Gasteiger partial charge in [-0.2, -0.15) is 0 Å². The van der Waals surface area contributed by atoms with Crippen LogP contribution in [0.25, 0.3) is 0 Å². The van der Waals surface area contributed by atoms with Crippen LogP contribution >= 0.6 is 0 Å². The fourth-order valence-corrected chi connectivity index (χ4v) is 2.32. The fourth-order valence-electron chi connectivity index (χ4n) is 2.32. The van der Waals surface area contributed by atoms with Crippen LogP contribution in [0, 0.1) is 5.92 Å². The number of nitrogens with one attached hydrogen (secondary N) is 2. The highest BCUT2D eigenvalue weighted by Crippen LogP contribution is 2.29. The molecule has 0 aromatic carbocycles. The molecule has 0 aromatic rings. The average molecular weight is 239 g/mol. The minimum atomic E-state index is -0.540. The molecule has 4 heteroatoms. The molecule has 2 aliphatic carbocycles. The smallest absolute Gasteiger partial charge is 0.191 e. The number of rotatable bonds is 5. The van der Waals surface area contributed by atoms with Crippen molar-refractivity contribution in [2.45, 2.75) is 51.0 Å². The zero-order valence-corrected chi connectivity index (χ0v) is 10.8. The summed E-state index contributed by atoms with van der Waals surface area (Å²) in [5.74, 6) is 1.70. The molecule has 17 heavy (non-hydrogen) atoms. The van der Waals surface area contributed by atoms with E-state index in [4.69, 9.17) is 0 Å². The van der Waals surface area contributed by atoms with E-state index in [9.17, 15) is 5.11 Å². The van der Waals surface area contributed by atoms with Gasteiger partial charge >= 0.3 is 0 Å². The Morgan fingerprint density at radius 2 is 2.00 bits per heavy atom. The molecular formula is C13H25N3O. The van der Waals surface area contributed by atoms with Crippen LogP contribution in [-0.2, 0) is 0 Å². The number of aliphatic imine (C=N–C) groups is 1. The molecule has 2 rings (SSSR count). The number of nitrogens with zero attached hydrogens (tertiary/aromatic N) is 1. The highest BCUT2D eigenvalue weighted by atomic mass is 16.3. The molecule has 0 saturated heterocycles. The molecule has 2 fully saturated rings. The third kappa shape index (κ3) is 4.19. The third-order valence-corrected chi connectivity index (χ3v) is 3.67. The third-order valence-electron chi connectivity index (χ3n) is 3.67. The summed E-state index contributed by atoms with van der Waals surface area (Å²) in [6.45, 7) is 4.49. The number of guanidine groups is 1. The van der Waals surface area contributed by atoms with Gasteiger partial charge < -0.3 is 15.7 Å². The molecule has 0 unspecified atom stereocenters. The van der Waals surface area contributed by atoms with E-state index in [2.05, 4.69) is 22.5 Å². The van der Waals surface area contributed by atoms with Crippen molar-refractivity contribution < 1.29 is 5.11 Å². The summed E-state index contributed by atoms with van der Waals surface area (Å²) in [4.78, 5) is 4.51. The molecule has 0 heterocycles. The van der Waals surface area contributed by atoms with Crippen molar-refractivity contribution in [2.75, 3.05) is 19.6 Å². The lowest BCUT2D eigenvalue weighted by atomic mass is 10.0. The Bertz CT molecular complexity index is 268. The molecule has 0 atom stereocenters. The van der Waals surface area contributed by atoms with Crippen molar-refractivity contribution in [3.8, 4) is 0 Å². The molecule has 3 N–H and O–H groups in total. The van der Waals surface area contributed by atoms with E-state index in [1.54, 1.807) is 0 Å². The van der Waals surface area contributed by atoms with Gasteiger partial charge in [0.2, 0.25) is 0 Å². The topological polar surface area (TPSA) is 56.7 Å². The van der Waals surface area contributed by atoms with Gasteiger partial charge in [-0.15, -0.1) is 0 Å². The van der Waals surface area contributed by atoms with Gasteiger partial charge in [0.05, 0.1) is 12.1 Å². The molecule has 98 valence electrons. The van der Waals surface area contributed by atoms with Crippen LogP contribution in [0.4, 0.5) is 0 Å². The van der Waals surface area contributed by atoms with Crippen LogP contribution in [0.5, 0.6) is 0 Å². The van der Waals surface area contributed by atoms with Gasteiger partial charge in [0.15, 0.2) is 5.96 Å². The van der Waals surface area contributed by atoms with Crippen molar-refractivity contribution in [3.63, 3.8) is 0 Å². The first-order valence-electron chi connectivity index (χ1n) is 6.96. The molecule has 0 spiro atoms. The van der Waals surface area contributed by atoms with Gasteiger partial charge in [-0.1, -0.05) is 12.8 Å². The van der Waals surface area contributed by atoms with E-state index >= 15 is 0 Å². The largest absolute Gasteiger partial charge is 0.388 e. The van der Waals surface area contributed by atoms with Crippen LogP contribution in [0.2, 0.25) is 0 Å². The SMILES string of the molecule is CCNC(=NCC1(O)CCCC1)NCC1CC1. The van der Waals surface area contributed by atoms with E-state index in [1.165, 1.54) is 12.8 Å². The maximum absolute atomic E-state index is 10.2. The normalized spacial score (nSPS) is 23.8. The molecule has 0 bridgehead atoms. The van der Waals surface area contributed by atoms with Crippen molar-refractivity contribution in [1.82, 2.24) is 10.6 Å². The zero-order chi connectivity index (χ0) is 12.1. The summed E-state index contributed by atoms with van der Waals surface area (Å²) < 4.78 is 0. The molecule has 2 aliphatic rings. The summed E-state index contributed by atoms with van der Waals surface area (Å²) in [6, 6.07) is 0. The van der Waals surface area contributed by atoms with Gasteiger partial charge in [0.25, 0.3) is 0 Å². The highest BCUT2D eigenvalue weighted by Gasteiger charge is 2.30. The molecule has 2 saturated carbocycles. The zero-order valence-electron chi connectivity index (χ0n) is 10.8. The van der Waals surface area contributed by atoms with Gasteiger partial charge in [-0.05, 0) is 38.5 Å². The number of aliphatic hydroxyl groups is 1. The van der Waals surface area contributed by atoms with Gasteiger partial charge in [-0.25, -0.2) is 0 Å². The Labute approximate surface area is 104 Å². The predicted molar refractivity (Wildman–Crippen MR) is 70.1 cm³/mol. The van der Waals surface area contributed by atoms with Crippen molar-refractivity contribution >= 4 is 5.96 Å². The number of hydrogen-bond donors (Lipinski definition) is 3. The van der Waals surface area contributed by atoms with E-state index < -0.39 is 5.60 Å². The fraction of sp³-hybridized carbons (Fsp3) is 0.923. The maximum atomic E-state index is 10.2. The Hall–Kier alpha value is -0.770. The minimum Gasteiger partial charge on any atom is -0.388 e. The van der Waals surface area contributed by atoms with E-state index in [0.29, 0.717) is 6.54 Å². The van der Waals surface area contributed by atoms with Crippen LogP contribution in [0.3, 0.4) is 0 Å². The van der Waals surface area contributed by atoms with Crippen molar-refractivity contribution in [1.29, 1.82) is 0 Å². The number of hydrogen-bond acceptors (Lipinski definition) is 2. The summed E-state index contributed by atoms with van der Waals surface area (Å²) >= 11 is 0. The standard InChI is InChI=1S/C13H25N3O/c1-2-14-12(15-9-11-5-6-11)16-10-13(17)7-3-4-8-13/h11,17H,2-10H2,1H3,(H2,14,15,16).